The Kier molecular flexibility index (Phi) is 1.88. The Labute approximate surface area is 64.2 Å². The molecule has 2 heteroatoms. The summed E-state index contributed by atoms with van der Waals surface area (Å²) >= 11 is 1.47. The van der Waals surface area contributed by atoms with Crippen molar-refractivity contribution in [1.29, 1.82) is 5.26 Å². The maximum atomic E-state index is 8.55. The van der Waals surface area contributed by atoms with Gasteiger partial charge in [0.15, 0.2) is 0 Å². The molecule has 0 spiro atoms. The van der Waals surface area contributed by atoms with Crippen molar-refractivity contribution in [2.75, 3.05) is 0 Å². The molecule has 0 aliphatic carbocycles. The molecule has 10 heavy (non-hydrogen) atoms. The van der Waals surface area contributed by atoms with E-state index in [1.54, 1.807) is 6.08 Å². The molecule has 1 rings (SSSR count). The van der Waals surface area contributed by atoms with Gasteiger partial charge in [0.2, 0.25) is 0 Å². The van der Waals surface area contributed by atoms with Crippen LogP contribution in [0.3, 0.4) is 0 Å². The zero-order valence-electron chi connectivity index (χ0n) is 5.72. The monoisotopic (exact) mass is 149 g/mol. The van der Waals surface area contributed by atoms with Crippen molar-refractivity contribution in [3.63, 3.8) is 0 Å². The highest BCUT2D eigenvalue weighted by molar-refractivity contribution is 7.10. The first-order valence-electron chi connectivity index (χ1n) is 2.90. The summed E-state index contributed by atoms with van der Waals surface area (Å²) in [5.41, 5.74) is 2.11. The molecule has 0 bridgehead atoms. The standard InChI is InChI=1S/C8H7NS/c1-3-7-5-10-8(4-9)6(7)2/h3,5H,1H2,2H3. The lowest BCUT2D eigenvalue weighted by Crippen LogP contribution is -1.73. The Morgan fingerprint density at radius 1 is 1.80 bits per heavy atom. The van der Waals surface area contributed by atoms with Gasteiger partial charge >= 0.3 is 0 Å². The van der Waals surface area contributed by atoms with Crippen LogP contribution < -0.4 is 0 Å². The van der Waals surface area contributed by atoms with Crippen molar-refractivity contribution < 1.29 is 0 Å². The molecule has 1 nitrogen and oxygen atoms in total. The number of rotatable bonds is 1. The lowest BCUT2D eigenvalue weighted by molar-refractivity contribution is 1.45. The van der Waals surface area contributed by atoms with Gasteiger partial charge in [0.25, 0.3) is 0 Å². The molecule has 0 unspecified atom stereocenters. The first-order chi connectivity index (χ1) is 4.79. The maximum Gasteiger partial charge on any atom is 0.110 e. The fourth-order valence-corrected chi connectivity index (χ4v) is 1.61. The molecule has 0 amide bonds. The molecule has 1 aromatic heterocycles. The van der Waals surface area contributed by atoms with E-state index >= 15 is 0 Å². The van der Waals surface area contributed by atoms with Gasteiger partial charge in [-0.1, -0.05) is 12.7 Å². The van der Waals surface area contributed by atoms with Crippen LogP contribution in [-0.2, 0) is 0 Å². The molecule has 0 atom stereocenters. The second-order valence-electron chi connectivity index (χ2n) is 1.96. The van der Waals surface area contributed by atoms with Crippen molar-refractivity contribution in [3.05, 3.63) is 28.0 Å². The third kappa shape index (κ3) is 0.960. The van der Waals surface area contributed by atoms with Crippen LogP contribution in [0.1, 0.15) is 16.0 Å². The van der Waals surface area contributed by atoms with Gasteiger partial charge in [-0.3, -0.25) is 0 Å². The van der Waals surface area contributed by atoms with E-state index in [-0.39, 0.29) is 0 Å². The lowest BCUT2D eigenvalue weighted by atomic mass is 10.2. The van der Waals surface area contributed by atoms with Gasteiger partial charge < -0.3 is 0 Å². The Balaban J connectivity index is 3.24. The van der Waals surface area contributed by atoms with Crippen molar-refractivity contribution in [2.24, 2.45) is 0 Å². The lowest BCUT2D eigenvalue weighted by Gasteiger charge is -1.86. The number of nitriles is 1. The topological polar surface area (TPSA) is 23.8 Å². The van der Waals surface area contributed by atoms with E-state index in [0.29, 0.717) is 0 Å². The van der Waals surface area contributed by atoms with Crippen LogP contribution in [0.25, 0.3) is 6.08 Å². The number of hydrogen-bond donors (Lipinski definition) is 0. The Hall–Kier alpha value is -1.07. The fraction of sp³-hybridized carbons (Fsp3) is 0.125. The Morgan fingerprint density at radius 2 is 2.50 bits per heavy atom. The van der Waals surface area contributed by atoms with Crippen LogP contribution in [0, 0.1) is 18.3 Å². The van der Waals surface area contributed by atoms with Crippen molar-refractivity contribution in [2.45, 2.75) is 6.92 Å². The minimum atomic E-state index is 0.787. The molecule has 50 valence electrons. The summed E-state index contributed by atoms with van der Waals surface area (Å²) in [5.74, 6) is 0. The van der Waals surface area contributed by atoms with Gasteiger partial charge in [-0.25, -0.2) is 0 Å². The number of hydrogen-bond acceptors (Lipinski definition) is 2. The highest BCUT2D eigenvalue weighted by Crippen LogP contribution is 2.20. The average molecular weight is 149 g/mol. The minimum absolute atomic E-state index is 0.787. The molecule has 0 aliphatic heterocycles. The van der Waals surface area contributed by atoms with Crippen LogP contribution in [-0.4, -0.2) is 0 Å². The van der Waals surface area contributed by atoms with Gasteiger partial charge in [-0.2, -0.15) is 5.26 Å². The summed E-state index contributed by atoms with van der Waals surface area (Å²) in [6.45, 7) is 5.57. The molecule has 0 saturated heterocycles. The van der Waals surface area contributed by atoms with Crippen molar-refractivity contribution in [3.8, 4) is 6.07 Å². The van der Waals surface area contributed by atoms with E-state index in [0.717, 1.165) is 16.0 Å². The van der Waals surface area contributed by atoms with Crippen LogP contribution in [0.5, 0.6) is 0 Å². The summed E-state index contributed by atoms with van der Waals surface area (Å²) in [6.07, 6.45) is 1.77. The van der Waals surface area contributed by atoms with Gasteiger partial charge in [0.1, 0.15) is 10.9 Å². The smallest absolute Gasteiger partial charge is 0.110 e. The zero-order valence-corrected chi connectivity index (χ0v) is 6.53. The second-order valence-corrected chi connectivity index (χ2v) is 2.84. The van der Waals surface area contributed by atoms with Gasteiger partial charge in [-0.05, 0) is 23.4 Å². The first-order valence-corrected chi connectivity index (χ1v) is 3.78. The molecule has 0 saturated carbocycles. The average Bonchev–Trinajstić information content (AvgIpc) is 2.30. The summed E-state index contributed by atoms with van der Waals surface area (Å²) < 4.78 is 0. The second kappa shape index (κ2) is 2.68. The van der Waals surface area contributed by atoms with Crippen LogP contribution in [0.15, 0.2) is 12.0 Å². The van der Waals surface area contributed by atoms with Gasteiger partial charge in [0, 0.05) is 0 Å². The minimum Gasteiger partial charge on any atom is -0.192 e. The molecule has 0 aliphatic rings. The fourth-order valence-electron chi connectivity index (χ4n) is 0.742. The molecule has 0 radical (unpaired) electrons. The number of nitrogens with zero attached hydrogens (tertiary/aromatic N) is 1. The highest BCUT2D eigenvalue weighted by Gasteiger charge is 2.01. The zero-order chi connectivity index (χ0) is 7.56. The molecule has 0 aromatic carbocycles. The van der Waals surface area contributed by atoms with Crippen LogP contribution in [0.2, 0.25) is 0 Å². The van der Waals surface area contributed by atoms with E-state index < -0.39 is 0 Å². The first kappa shape index (κ1) is 7.04. The maximum absolute atomic E-state index is 8.55. The largest absolute Gasteiger partial charge is 0.192 e. The summed E-state index contributed by atoms with van der Waals surface area (Å²) in [6, 6.07) is 2.12. The summed E-state index contributed by atoms with van der Waals surface area (Å²) in [7, 11) is 0. The van der Waals surface area contributed by atoms with Crippen molar-refractivity contribution in [1.82, 2.24) is 0 Å². The molecular formula is C8H7NS. The predicted octanol–water partition coefficient (Wildman–Crippen LogP) is 2.57. The van der Waals surface area contributed by atoms with Gasteiger partial charge in [0.05, 0.1) is 0 Å². The van der Waals surface area contributed by atoms with E-state index in [9.17, 15) is 0 Å². The van der Waals surface area contributed by atoms with Gasteiger partial charge in [-0.15, -0.1) is 11.3 Å². The van der Waals surface area contributed by atoms with Crippen LogP contribution in [0.4, 0.5) is 0 Å². The SMILES string of the molecule is C=Cc1csc(C#N)c1C. The normalized spacial score (nSPS) is 8.80. The third-order valence-electron chi connectivity index (χ3n) is 1.40. The van der Waals surface area contributed by atoms with Crippen molar-refractivity contribution >= 4 is 17.4 Å². The third-order valence-corrected chi connectivity index (χ3v) is 2.40. The molecule has 0 N–H and O–H groups in total. The molecule has 0 fully saturated rings. The summed E-state index contributed by atoms with van der Waals surface area (Å²) in [5, 5.41) is 10.5. The Bertz CT molecular complexity index is 291. The quantitative estimate of drug-likeness (QED) is 0.602. The molecular weight excluding hydrogens is 142 g/mol. The summed E-state index contributed by atoms with van der Waals surface area (Å²) in [4.78, 5) is 0.787. The van der Waals surface area contributed by atoms with E-state index in [4.69, 9.17) is 5.26 Å². The van der Waals surface area contributed by atoms with Crippen LogP contribution >= 0.6 is 11.3 Å². The number of thiophene rings is 1. The van der Waals surface area contributed by atoms with E-state index in [1.807, 2.05) is 12.3 Å². The molecule has 1 heterocycles. The Morgan fingerprint density at radius 3 is 2.80 bits per heavy atom. The molecule has 1 aromatic rings. The predicted molar refractivity (Wildman–Crippen MR) is 43.9 cm³/mol. The van der Waals surface area contributed by atoms with E-state index in [1.165, 1.54) is 11.3 Å². The highest BCUT2D eigenvalue weighted by atomic mass is 32.1. The van der Waals surface area contributed by atoms with E-state index in [2.05, 4.69) is 12.6 Å².